The van der Waals surface area contributed by atoms with Crippen molar-refractivity contribution in [3.63, 3.8) is 0 Å². The van der Waals surface area contributed by atoms with E-state index in [2.05, 4.69) is 13.8 Å². The normalized spacial score (nSPS) is 11.9. The van der Waals surface area contributed by atoms with E-state index in [1.807, 2.05) is 19.1 Å². The maximum absolute atomic E-state index is 12.2. The highest BCUT2D eigenvalue weighted by Gasteiger charge is 2.10. The number of carbonyl (C=O) groups excluding carboxylic acids is 2. The van der Waals surface area contributed by atoms with Gasteiger partial charge in [-0.1, -0.05) is 44.2 Å². The van der Waals surface area contributed by atoms with Gasteiger partial charge in [-0.2, -0.15) is 0 Å². The molecule has 0 N–H and O–H groups in total. The molecule has 29 heavy (non-hydrogen) atoms. The summed E-state index contributed by atoms with van der Waals surface area (Å²) in [5.74, 6) is 0.856. The molecule has 0 aliphatic carbocycles. The Kier molecular flexibility index (Phi) is 8.46. The Bertz CT molecular complexity index is 852. The second kappa shape index (κ2) is 11.1. The smallest absolute Gasteiger partial charge is 0.331 e. The van der Waals surface area contributed by atoms with Crippen LogP contribution in [0, 0.1) is 0 Å². The van der Waals surface area contributed by atoms with Gasteiger partial charge < -0.3 is 14.2 Å². The van der Waals surface area contributed by atoms with E-state index in [1.165, 1.54) is 11.6 Å². The van der Waals surface area contributed by atoms with Gasteiger partial charge in [0.25, 0.3) is 0 Å². The molecule has 0 bridgehead atoms. The zero-order valence-corrected chi connectivity index (χ0v) is 17.4. The van der Waals surface area contributed by atoms with Gasteiger partial charge in [0.15, 0.2) is 23.9 Å². The van der Waals surface area contributed by atoms with Crippen LogP contribution >= 0.6 is 0 Å². The fourth-order valence-electron chi connectivity index (χ4n) is 2.73. The number of hydrogen-bond donors (Lipinski definition) is 0. The molecule has 0 radical (unpaired) electrons. The van der Waals surface area contributed by atoms with Crippen LogP contribution < -0.4 is 9.47 Å². The Balaban J connectivity index is 1.91. The van der Waals surface area contributed by atoms with Crippen LogP contribution in [0.1, 0.15) is 54.6 Å². The third-order valence-electron chi connectivity index (χ3n) is 4.66. The van der Waals surface area contributed by atoms with Crippen molar-refractivity contribution in [3.8, 4) is 11.5 Å². The summed E-state index contributed by atoms with van der Waals surface area (Å²) in [4.78, 5) is 24.2. The van der Waals surface area contributed by atoms with E-state index in [-0.39, 0.29) is 12.4 Å². The minimum Gasteiger partial charge on any atom is -0.493 e. The van der Waals surface area contributed by atoms with Crippen LogP contribution in [-0.2, 0) is 9.53 Å². The van der Waals surface area contributed by atoms with Crippen molar-refractivity contribution in [2.24, 2.45) is 0 Å². The Hall–Kier alpha value is -3.08. The summed E-state index contributed by atoms with van der Waals surface area (Å²) in [5.41, 5.74) is 2.48. The second-order valence-corrected chi connectivity index (χ2v) is 6.64. The monoisotopic (exact) mass is 396 g/mol. The van der Waals surface area contributed by atoms with Gasteiger partial charge in [0.2, 0.25) is 0 Å². The molecule has 0 aliphatic heterocycles. The van der Waals surface area contributed by atoms with Crippen molar-refractivity contribution < 1.29 is 23.8 Å². The number of ketones is 1. The summed E-state index contributed by atoms with van der Waals surface area (Å²) in [6.45, 7) is 6.40. The number of methoxy groups -OCH3 is 1. The first kappa shape index (κ1) is 22.2. The average Bonchev–Trinajstić information content (AvgIpc) is 2.76. The Labute approximate surface area is 172 Å². The van der Waals surface area contributed by atoms with Crippen molar-refractivity contribution in [2.75, 3.05) is 20.3 Å². The Morgan fingerprint density at radius 2 is 1.76 bits per heavy atom. The maximum Gasteiger partial charge on any atom is 0.331 e. The Morgan fingerprint density at radius 3 is 2.38 bits per heavy atom. The van der Waals surface area contributed by atoms with Gasteiger partial charge in [0, 0.05) is 11.6 Å². The van der Waals surface area contributed by atoms with Crippen LogP contribution in [0.4, 0.5) is 0 Å². The van der Waals surface area contributed by atoms with Gasteiger partial charge in [-0.3, -0.25) is 4.79 Å². The molecule has 0 spiro atoms. The number of Topliss-reactive ketones (excluding diaryl/α,β-unsaturated/α-hetero) is 1. The molecule has 0 heterocycles. The summed E-state index contributed by atoms with van der Waals surface area (Å²) < 4.78 is 15.8. The second-order valence-electron chi connectivity index (χ2n) is 6.64. The van der Waals surface area contributed by atoms with Crippen molar-refractivity contribution in [1.82, 2.24) is 0 Å². The van der Waals surface area contributed by atoms with Gasteiger partial charge in [0.05, 0.1) is 13.7 Å². The van der Waals surface area contributed by atoms with Crippen LogP contribution in [0.3, 0.4) is 0 Å². The van der Waals surface area contributed by atoms with Gasteiger partial charge >= 0.3 is 5.97 Å². The molecule has 0 saturated heterocycles. The predicted octanol–water partition coefficient (Wildman–Crippen LogP) is 5.05. The number of esters is 1. The van der Waals surface area contributed by atoms with Crippen molar-refractivity contribution in [1.29, 1.82) is 0 Å². The molecule has 0 unspecified atom stereocenters. The van der Waals surface area contributed by atoms with Crippen LogP contribution in [0.5, 0.6) is 11.5 Å². The van der Waals surface area contributed by atoms with Gasteiger partial charge in [-0.05, 0) is 48.6 Å². The minimum atomic E-state index is -0.581. The molecule has 5 heteroatoms. The SMILES string of the molecule is CCOc1ccc(/C=C/C(=O)OCC(=O)c2ccc([C@@H](C)CC)cc2)cc1OC. The van der Waals surface area contributed by atoms with E-state index in [9.17, 15) is 9.59 Å². The lowest BCUT2D eigenvalue weighted by Crippen LogP contribution is -2.12. The topological polar surface area (TPSA) is 61.8 Å². The number of ether oxygens (including phenoxy) is 3. The first-order chi connectivity index (χ1) is 14.0. The van der Waals surface area contributed by atoms with E-state index in [0.29, 0.717) is 29.6 Å². The summed E-state index contributed by atoms with van der Waals surface area (Å²) in [7, 11) is 1.56. The standard InChI is InChI=1S/C24H28O5/c1-5-17(3)19-9-11-20(12-10-19)21(25)16-29-24(26)14-8-18-7-13-22(28-6-2)23(15-18)27-4/h7-15,17H,5-6,16H2,1-4H3/b14-8+/t17-/m0/s1. The first-order valence-corrected chi connectivity index (χ1v) is 9.77. The molecule has 0 saturated carbocycles. The lowest BCUT2D eigenvalue weighted by molar-refractivity contribution is -0.136. The van der Waals surface area contributed by atoms with Crippen molar-refractivity contribution in [3.05, 3.63) is 65.2 Å². The van der Waals surface area contributed by atoms with Crippen LogP contribution in [0.2, 0.25) is 0 Å². The molecule has 0 aromatic heterocycles. The molecule has 0 fully saturated rings. The zero-order chi connectivity index (χ0) is 21.2. The fraction of sp³-hybridized carbons (Fsp3) is 0.333. The van der Waals surface area contributed by atoms with Gasteiger partial charge in [-0.15, -0.1) is 0 Å². The molecule has 154 valence electrons. The molecular weight excluding hydrogens is 368 g/mol. The van der Waals surface area contributed by atoms with Crippen molar-refractivity contribution in [2.45, 2.75) is 33.1 Å². The summed E-state index contributed by atoms with van der Waals surface area (Å²) in [6, 6.07) is 12.8. The van der Waals surface area contributed by atoms with Gasteiger partial charge in [-0.25, -0.2) is 4.79 Å². The maximum atomic E-state index is 12.2. The quantitative estimate of drug-likeness (QED) is 0.320. The summed E-state index contributed by atoms with van der Waals surface area (Å²) >= 11 is 0. The number of rotatable bonds is 10. The number of hydrogen-bond acceptors (Lipinski definition) is 5. The molecule has 0 amide bonds. The fourth-order valence-corrected chi connectivity index (χ4v) is 2.73. The molecule has 2 rings (SSSR count). The first-order valence-electron chi connectivity index (χ1n) is 9.77. The van der Waals surface area contributed by atoms with E-state index in [1.54, 1.807) is 43.5 Å². The minimum absolute atomic E-state index is 0.231. The lowest BCUT2D eigenvalue weighted by atomic mass is 9.97. The van der Waals surface area contributed by atoms with Gasteiger partial charge in [0.1, 0.15) is 0 Å². The highest BCUT2D eigenvalue weighted by Crippen LogP contribution is 2.28. The van der Waals surface area contributed by atoms with E-state index < -0.39 is 5.97 Å². The van der Waals surface area contributed by atoms with Crippen LogP contribution in [0.25, 0.3) is 6.08 Å². The molecule has 2 aromatic carbocycles. The largest absolute Gasteiger partial charge is 0.493 e. The summed E-state index contributed by atoms with van der Waals surface area (Å²) in [5, 5.41) is 0. The Morgan fingerprint density at radius 1 is 1.03 bits per heavy atom. The average molecular weight is 396 g/mol. The molecule has 2 aromatic rings. The zero-order valence-electron chi connectivity index (χ0n) is 17.4. The van der Waals surface area contributed by atoms with E-state index in [0.717, 1.165) is 12.0 Å². The molecule has 1 atom stereocenters. The highest BCUT2D eigenvalue weighted by atomic mass is 16.5. The number of carbonyl (C=O) groups is 2. The third-order valence-corrected chi connectivity index (χ3v) is 4.66. The van der Waals surface area contributed by atoms with Crippen molar-refractivity contribution >= 4 is 17.8 Å². The third kappa shape index (κ3) is 6.49. The number of benzene rings is 2. The van der Waals surface area contributed by atoms with E-state index in [4.69, 9.17) is 14.2 Å². The highest BCUT2D eigenvalue weighted by molar-refractivity contribution is 5.98. The predicted molar refractivity (Wildman–Crippen MR) is 114 cm³/mol. The molecule has 0 aliphatic rings. The molecular formula is C24H28O5. The van der Waals surface area contributed by atoms with Crippen LogP contribution in [0.15, 0.2) is 48.5 Å². The van der Waals surface area contributed by atoms with Crippen LogP contribution in [-0.4, -0.2) is 32.1 Å². The molecule has 5 nitrogen and oxygen atoms in total. The summed E-state index contributed by atoms with van der Waals surface area (Å²) in [6.07, 6.45) is 3.93. The lowest BCUT2D eigenvalue weighted by Gasteiger charge is -2.09. The van der Waals surface area contributed by atoms with E-state index >= 15 is 0 Å².